The molecule has 0 radical (unpaired) electrons. The molecule has 0 spiro atoms. The van der Waals surface area contributed by atoms with Crippen LogP contribution in [0, 0.1) is 0 Å². The first-order valence-electron chi connectivity index (χ1n) is 12.3. The van der Waals surface area contributed by atoms with E-state index >= 15 is 0 Å². The van der Waals surface area contributed by atoms with Crippen LogP contribution in [0.5, 0.6) is 0 Å². The smallest absolute Gasteiger partial charge is 0.247 e. The number of carbonyl (C=O) groups is 1. The lowest BCUT2D eigenvalue weighted by Crippen LogP contribution is -2.45. The van der Waals surface area contributed by atoms with Crippen LogP contribution in [0.25, 0.3) is 11.5 Å². The van der Waals surface area contributed by atoms with Crippen LogP contribution < -0.4 is 15.5 Å². The molecule has 0 unspecified atom stereocenters. The lowest BCUT2D eigenvalue weighted by Gasteiger charge is -2.26. The molecule has 0 aliphatic carbocycles. The molecule has 13 heteroatoms. The quantitative estimate of drug-likeness (QED) is 0.444. The Morgan fingerprint density at radius 3 is 2.38 bits per heavy atom. The van der Waals surface area contributed by atoms with Gasteiger partial charge in [0, 0.05) is 30.6 Å². The topological polar surface area (TPSA) is 157 Å². The summed E-state index contributed by atoms with van der Waals surface area (Å²) in [7, 11) is -5.48. The predicted octanol–water partition coefficient (Wildman–Crippen LogP) is 2.51. The fourth-order valence-electron chi connectivity index (χ4n) is 4.06. The van der Waals surface area contributed by atoms with Crippen molar-refractivity contribution < 1.29 is 26.0 Å². The van der Waals surface area contributed by atoms with E-state index in [-0.39, 0.29) is 28.9 Å². The van der Waals surface area contributed by atoms with Gasteiger partial charge in [-0.2, -0.15) is 0 Å². The highest BCUT2D eigenvalue weighted by molar-refractivity contribution is 7.92. The molecule has 1 aliphatic rings. The monoisotopic (exact) mass is 575 g/mol. The number of carbonyl (C=O) groups excluding carboxylic acids is 1. The van der Waals surface area contributed by atoms with Gasteiger partial charge in [0.1, 0.15) is 4.75 Å². The van der Waals surface area contributed by atoms with E-state index in [1.807, 2.05) is 31.3 Å². The Bertz CT molecular complexity index is 1610. The van der Waals surface area contributed by atoms with Crippen LogP contribution in [0.1, 0.15) is 39.1 Å². The van der Waals surface area contributed by atoms with Gasteiger partial charge in [-0.15, -0.1) is 10.2 Å². The number of hydrogen-bond donors (Lipinski definition) is 1. The fraction of sp³-hybridized carbons (Fsp3) is 0.423. The number of rotatable bonds is 7. The SMILES string of the molecule is CC(C)N(C)c1ccc(CN2C(=O)[C@@H](N)CS(=O)(=O)c3ccc(-c4nnc(C(C)(C)S(C)(=O)=O)o4)cc32)cc1. The summed E-state index contributed by atoms with van der Waals surface area (Å²) < 4.78 is 55.0. The maximum atomic E-state index is 13.4. The Morgan fingerprint density at radius 2 is 1.79 bits per heavy atom. The molecule has 1 aromatic heterocycles. The lowest BCUT2D eigenvalue weighted by atomic mass is 10.1. The van der Waals surface area contributed by atoms with Gasteiger partial charge in [-0.05, 0) is 63.6 Å². The summed E-state index contributed by atoms with van der Waals surface area (Å²) in [5, 5.41) is 7.91. The van der Waals surface area contributed by atoms with Crippen molar-refractivity contribution in [2.45, 2.75) is 56.0 Å². The van der Waals surface area contributed by atoms with Crippen LogP contribution in [-0.2, 0) is 35.8 Å². The molecule has 0 fully saturated rings. The normalized spacial score (nSPS) is 17.7. The molecule has 210 valence electrons. The number of anilines is 2. The summed E-state index contributed by atoms with van der Waals surface area (Å²) in [6.07, 6.45) is 1.07. The largest absolute Gasteiger partial charge is 0.419 e. The summed E-state index contributed by atoms with van der Waals surface area (Å²) in [4.78, 5) is 16.8. The number of nitrogens with two attached hydrogens (primary N) is 1. The van der Waals surface area contributed by atoms with Crippen LogP contribution in [-0.4, -0.2) is 64.1 Å². The van der Waals surface area contributed by atoms with Gasteiger partial charge in [-0.1, -0.05) is 12.1 Å². The van der Waals surface area contributed by atoms with E-state index in [2.05, 4.69) is 28.9 Å². The second-order valence-corrected chi connectivity index (χ2v) is 15.1. The summed E-state index contributed by atoms with van der Waals surface area (Å²) in [5.41, 5.74) is 8.29. The molecule has 1 aliphatic heterocycles. The molecular formula is C26H33N5O6S2. The first-order chi connectivity index (χ1) is 18.0. The van der Waals surface area contributed by atoms with E-state index in [9.17, 15) is 21.6 Å². The second-order valence-electron chi connectivity index (χ2n) is 10.6. The number of fused-ring (bicyclic) bond motifs is 1. The van der Waals surface area contributed by atoms with Gasteiger partial charge in [0.15, 0.2) is 19.7 Å². The minimum atomic E-state index is -3.89. The van der Waals surface area contributed by atoms with Crippen molar-refractivity contribution in [1.82, 2.24) is 10.2 Å². The van der Waals surface area contributed by atoms with Gasteiger partial charge in [0.25, 0.3) is 0 Å². The molecule has 0 bridgehead atoms. The Labute approximate surface area is 228 Å². The highest BCUT2D eigenvalue weighted by atomic mass is 32.2. The molecule has 1 amide bonds. The lowest BCUT2D eigenvalue weighted by molar-refractivity contribution is -0.119. The van der Waals surface area contributed by atoms with Gasteiger partial charge in [0.2, 0.25) is 17.7 Å². The third-order valence-electron chi connectivity index (χ3n) is 7.14. The molecule has 0 saturated carbocycles. The van der Waals surface area contributed by atoms with Crippen LogP contribution in [0.2, 0.25) is 0 Å². The molecule has 4 rings (SSSR count). The van der Waals surface area contributed by atoms with Crippen LogP contribution >= 0.6 is 0 Å². The molecule has 0 saturated heterocycles. The van der Waals surface area contributed by atoms with Gasteiger partial charge >= 0.3 is 0 Å². The standard InChI is InChI=1S/C26H33N5O6S2/c1-16(2)30(5)19-10-7-17(8-11-19)14-31-21-13-18(9-12-22(21)39(35,36)15-20(27)24(31)32)23-28-29-25(37-23)26(3,4)38(6,33)34/h7-13,16,20H,14-15,27H2,1-6H3/t20-/m0/s1. The Kier molecular flexibility index (Phi) is 7.38. The molecule has 3 aromatic rings. The third-order valence-corrected chi connectivity index (χ3v) is 11.0. The molecule has 11 nitrogen and oxygen atoms in total. The van der Waals surface area contributed by atoms with Crippen molar-refractivity contribution >= 4 is 37.0 Å². The zero-order valence-electron chi connectivity index (χ0n) is 22.7. The third kappa shape index (κ3) is 5.43. The number of benzene rings is 2. The van der Waals surface area contributed by atoms with E-state index in [0.29, 0.717) is 11.6 Å². The minimum Gasteiger partial charge on any atom is -0.419 e. The van der Waals surface area contributed by atoms with E-state index in [1.165, 1.54) is 36.9 Å². The Balaban J connectivity index is 1.78. The zero-order chi connectivity index (χ0) is 28.9. The average Bonchev–Trinajstić information content (AvgIpc) is 3.34. The number of amides is 1. The summed E-state index contributed by atoms with van der Waals surface area (Å²) in [6.45, 7) is 7.15. The van der Waals surface area contributed by atoms with E-state index in [4.69, 9.17) is 10.2 Å². The zero-order valence-corrected chi connectivity index (χ0v) is 24.4. The highest BCUT2D eigenvalue weighted by Crippen LogP contribution is 2.36. The van der Waals surface area contributed by atoms with Crippen molar-refractivity contribution in [3.05, 3.63) is 53.9 Å². The summed E-state index contributed by atoms with van der Waals surface area (Å²) in [6, 6.07) is 11.0. The molecule has 2 aromatic carbocycles. The van der Waals surface area contributed by atoms with Crippen molar-refractivity contribution in [1.29, 1.82) is 0 Å². The first-order valence-corrected chi connectivity index (χ1v) is 15.9. The van der Waals surface area contributed by atoms with Crippen molar-refractivity contribution in [2.24, 2.45) is 5.73 Å². The van der Waals surface area contributed by atoms with E-state index < -0.39 is 42.1 Å². The van der Waals surface area contributed by atoms with Crippen LogP contribution in [0.3, 0.4) is 0 Å². The predicted molar refractivity (Wildman–Crippen MR) is 149 cm³/mol. The fourth-order valence-corrected chi connectivity index (χ4v) is 6.02. The number of sulfone groups is 2. The number of nitrogens with zero attached hydrogens (tertiary/aromatic N) is 4. The molecule has 39 heavy (non-hydrogen) atoms. The molecule has 2 N–H and O–H groups in total. The molecular weight excluding hydrogens is 542 g/mol. The number of hydrogen-bond acceptors (Lipinski definition) is 10. The molecule has 1 atom stereocenters. The molecule has 2 heterocycles. The van der Waals surface area contributed by atoms with Crippen LogP contribution in [0.15, 0.2) is 51.8 Å². The Hall–Kier alpha value is -3.29. The van der Waals surface area contributed by atoms with Crippen molar-refractivity contribution in [2.75, 3.05) is 28.9 Å². The first kappa shape index (κ1) is 28.7. The Morgan fingerprint density at radius 1 is 1.15 bits per heavy atom. The highest BCUT2D eigenvalue weighted by Gasteiger charge is 2.39. The van der Waals surface area contributed by atoms with E-state index in [0.717, 1.165) is 17.5 Å². The average molecular weight is 576 g/mol. The van der Waals surface area contributed by atoms with Crippen molar-refractivity contribution in [3.8, 4) is 11.5 Å². The summed E-state index contributed by atoms with van der Waals surface area (Å²) in [5.74, 6) is -1.18. The van der Waals surface area contributed by atoms with Gasteiger partial charge in [0.05, 0.1) is 28.9 Å². The number of aromatic nitrogens is 2. The second kappa shape index (κ2) is 10.0. The summed E-state index contributed by atoms with van der Waals surface area (Å²) >= 11 is 0. The van der Waals surface area contributed by atoms with E-state index in [1.54, 1.807) is 0 Å². The van der Waals surface area contributed by atoms with Crippen molar-refractivity contribution in [3.63, 3.8) is 0 Å². The van der Waals surface area contributed by atoms with Crippen LogP contribution in [0.4, 0.5) is 11.4 Å². The van der Waals surface area contributed by atoms with Gasteiger partial charge < -0.3 is 20.0 Å². The van der Waals surface area contributed by atoms with Gasteiger partial charge in [-0.3, -0.25) is 4.79 Å². The maximum Gasteiger partial charge on any atom is 0.247 e. The maximum absolute atomic E-state index is 13.4. The van der Waals surface area contributed by atoms with Gasteiger partial charge in [-0.25, -0.2) is 16.8 Å². The minimum absolute atomic E-state index is 0.0102.